The Morgan fingerprint density at radius 2 is 1.84 bits per heavy atom. The van der Waals surface area contributed by atoms with Gasteiger partial charge in [-0.05, 0) is 51.4 Å². The van der Waals surface area contributed by atoms with E-state index in [1.165, 1.54) is 19.3 Å². The Kier molecular flexibility index (Phi) is 8.67. The van der Waals surface area contributed by atoms with Gasteiger partial charge in [-0.25, -0.2) is 4.79 Å². The van der Waals surface area contributed by atoms with Crippen molar-refractivity contribution in [2.24, 2.45) is 23.5 Å². The molecule has 1 aromatic rings. The van der Waals surface area contributed by atoms with Gasteiger partial charge in [-0.15, -0.1) is 5.10 Å². The van der Waals surface area contributed by atoms with E-state index in [0.717, 1.165) is 44.6 Å². The number of nitrogens with zero attached hydrogens (tertiary/aromatic N) is 4. The number of carbonyl (C=O) groups excluding carboxylic acids is 1. The van der Waals surface area contributed by atoms with Gasteiger partial charge >= 0.3 is 12.1 Å². The van der Waals surface area contributed by atoms with E-state index in [9.17, 15) is 18.0 Å². The van der Waals surface area contributed by atoms with Crippen molar-refractivity contribution >= 4 is 11.9 Å². The van der Waals surface area contributed by atoms with Crippen LogP contribution in [0.2, 0.25) is 0 Å². The topological polar surface area (TPSA) is 114 Å². The lowest BCUT2D eigenvalue weighted by Crippen LogP contribution is -2.40. The summed E-state index contributed by atoms with van der Waals surface area (Å²) in [6.07, 6.45) is 3.83. The van der Waals surface area contributed by atoms with Gasteiger partial charge in [0.15, 0.2) is 0 Å². The third kappa shape index (κ3) is 7.75. The molecule has 11 heteroatoms. The molecule has 2 fully saturated rings. The SMILES string of the molecule is CCCC[C@@H]1C[C@@H]1C(=O)N1CCC(Cn2cc(C(C)(C)N)nn2)CC1.O=C(O)C(F)(F)F. The van der Waals surface area contributed by atoms with Crippen molar-refractivity contribution < 1.29 is 27.9 Å². The first kappa shape index (κ1) is 26.1. The van der Waals surface area contributed by atoms with Gasteiger partial charge in [0, 0.05) is 25.6 Å². The number of carboxylic acid groups (broad SMARTS) is 1. The second kappa shape index (κ2) is 10.6. The third-order valence-corrected chi connectivity index (χ3v) is 5.98. The lowest BCUT2D eigenvalue weighted by atomic mass is 9.96. The van der Waals surface area contributed by atoms with Gasteiger partial charge in [-0.1, -0.05) is 25.0 Å². The van der Waals surface area contributed by atoms with Crippen LogP contribution in [0.3, 0.4) is 0 Å². The first-order valence-corrected chi connectivity index (χ1v) is 11.1. The van der Waals surface area contributed by atoms with Crippen LogP contribution in [0.5, 0.6) is 0 Å². The number of piperidine rings is 1. The summed E-state index contributed by atoms with van der Waals surface area (Å²) < 4.78 is 33.6. The van der Waals surface area contributed by atoms with Crippen LogP contribution in [-0.2, 0) is 21.7 Å². The molecule has 1 saturated carbocycles. The van der Waals surface area contributed by atoms with E-state index in [4.69, 9.17) is 15.6 Å². The molecular formula is C21H34F3N5O3. The minimum atomic E-state index is -5.08. The largest absolute Gasteiger partial charge is 0.490 e. The van der Waals surface area contributed by atoms with Gasteiger partial charge in [0.2, 0.25) is 5.91 Å². The van der Waals surface area contributed by atoms with Crippen molar-refractivity contribution in [2.75, 3.05) is 13.1 Å². The summed E-state index contributed by atoms with van der Waals surface area (Å²) >= 11 is 0. The second-order valence-electron chi connectivity index (χ2n) is 9.36. The molecule has 1 aliphatic heterocycles. The smallest absolute Gasteiger partial charge is 0.475 e. The average molecular weight is 462 g/mol. The molecule has 1 aromatic heterocycles. The molecule has 8 nitrogen and oxygen atoms in total. The summed E-state index contributed by atoms with van der Waals surface area (Å²) in [6.45, 7) is 8.76. The van der Waals surface area contributed by atoms with Crippen molar-refractivity contribution in [3.8, 4) is 0 Å². The van der Waals surface area contributed by atoms with E-state index in [0.29, 0.717) is 23.7 Å². The number of likely N-dealkylation sites (tertiary alicyclic amines) is 1. The highest BCUT2D eigenvalue weighted by molar-refractivity contribution is 5.81. The molecule has 3 rings (SSSR count). The van der Waals surface area contributed by atoms with Crippen LogP contribution in [0, 0.1) is 17.8 Å². The van der Waals surface area contributed by atoms with Crippen LogP contribution in [-0.4, -0.2) is 56.1 Å². The summed E-state index contributed by atoms with van der Waals surface area (Å²) in [6, 6.07) is 0. The molecular weight excluding hydrogens is 427 g/mol. The van der Waals surface area contributed by atoms with Crippen LogP contribution < -0.4 is 5.73 Å². The molecule has 2 atom stereocenters. The third-order valence-electron chi connectivity index (χ3n) is 5.98. The summed E-state index contributed by atoms with van der Waals surface area (Å²) in [7, 11) is 0. The van der Waals surface area contributed by atoms with Crippen molar-refractivity contribution in [2.45, 2.75) is 77.6 Å². The molecule has 0 radical (unpaired) electrons. The number of carboxylic acids is 1. The van der Waals surface area contributed by atoms with Crippen LogP contribution >= 0.6 is 0 Å². The van der Waals surface area contributed by atoms with Crippen LogP contribution in [0.15, 0.2) is 6.20 Å². The van der Waals surface area contributed by atoms with Crippen molar-refractivity contribution in [3.63, 3.8) is 0 Å². The Bertz CT molecular complexity index is 767. The van der Waals surface area contributed by atoms with Crippen LogP contribution in [0.4, 0.5) is 13.2 Å². The van der Waals surface area contributed by atoms with Gasteiger partial charge in [0.05, 0.1) is 11.7 Å². The van der Waals surface area contributed by atoms with E-state index >= 15 is 0 Å². The van der Waals surface area contributed by atoms with Crippen molar-refractivity contribution in [1.82, 2.24) is 19.9 Å². The van der Waals surface area contributed by atoms with Gasteiger partial charge < -0.3 is 15.7 Å². The number of nitrogens with two attached hydrogens (primary N) is 1. The number of rotatable bonds is 7. The predicted molar refractivity (Wildman–Crippen MR) is 111 cm³/mol. The minimum absolute atomic E-state index is 0.327. The number of unbranched alkanes of at least 4 members (excludes halogenated alkanes) is 1. The molecule has 1 saturated heterocycles. The zero-order valence-corrected chi connectivity index (χ0v) is 18.9. The van der Waals surface area contributed by atoms with E-state index < -0.39 is 17.7 Å². The highest BCUT2D eigenvalue weighted by Crippen LogP contribution is 2.44. The number of hydrogen-bond donors (Lipinski definition) is 2. The Labute approximate surface area is 186 Å². The van der Waals surface area contributed by atoms with Gasteiger partial charge in [0.25, 0.3) is 0 Å². The number of aromatic nitrogens is 3. The Hall–Kier alpha value is -2.17. The number of hydrogen-bond acceptors (Lipinski definition) is 5. The fourth-order valence-corrected chi connectivity index (χ4v) is 3.85. The fraction of sp³-hybridized carbons (Fsp3) is 0.810. The molecule has 3 N–H and O–H groups in total. The number of alkyl halides is 3. The maximum absolute atomic E-state index is 12.6. The van der Waals surface area contributed by atoms with Gasteiger partial charge in [0.1, 0.15) is 5.69 Å². The lowest BCUT2D eigenvalue weighted by Gasteiger charge is -2.32. The molecule has 2 heterocycles. The molecule has 0 aromatic carbocycles. The maximum Gasteiger partial charge on any atom is 0.490 e. The van der Waals surface area contributed by atoms with Crippen LogP contribution in [0.25, 0.3) is 0 Å². The number of carbonyl (C=O) groups is 2. The van der Waals surface area contributed by atoms with Gasteiger partial charge in [-0.3, -0.25) is 9.48 Å². The predicted octanol–water partition coefficient (Wildman–Crippen LogP) is 3.17. The fourth-order valence-electron chi connectivity index (χ4n) is 3.85. The molecule has 2 aliphatic rings. The Morgan fingerprint density at radius 3 is 2.31 bits per heavy atom. The molecule has 1 amide bonds. The van der Waals surface area contributed by atoms with E-state index in [-0.39, 0.29) is 0 Å². The highest BCUT2D eigenvalue weighted by Gasteiger charge is 2.44. The second-order valence-corrected chi connectivity index (χ2v) is 9.36. The first-order chi connectivity index (χ1) is 14.8. The Balaban J connectivity index is 0.000000451. The zero-order valence-electron chi connectivity index (χ0n) is 18.9. The number of amides is 1. The van der Waals surface area contributed by atoms with E-state index in [1.54, 1.807) is 0 Å². The van der Waals surface area contributed by atoms with E-state index in [2.05, 4.69) is 22.1 Å². The highest BCUT2D eigenvalue weighted by atomic mass is 19.4. The zero-order chi connectivity index (χ0) is 24.1. The molecule has 0 bridgehead atoms. The monoisotopic (exact) mass is 461 g/mol. The summed E-state index contributed by atoms with van der Waals surface area (Å²) in [4.78, 5) is 23.6. The van der Waals surface area contributed by atoms with Gasteiger partial charge in [-0.2, -0.15) is 13.2 Å². The lowest BCUT2D eigenvalue weighted by molar-refractivity contribution is -0.192. The standard InChI is InChI=1S/C19H33N5O.C2HF3O2/c1-4-5-6-15-11-16(15)18(25)23-9-7-14(8-10-23)12-24-13-17(21-22-24)19(2,3)20;3-2(4,5)1(6)7/h13-16H,4-12,20H2,1-3H3;(H,6,7)/t15-,16+;/m1./s1. The van der Waals surface area contributed by atoms with Crippen molar-refractivity contribution in [1.29, 1.82) is 0 Å². The molecule has 32 heavy (non-hydrogen) atoms. The first-order valence-electron chi connectivity index (χ1n) is 11.1. The molecule has 1 aliphatic carbocycles. The number of aliphatic carboxylic acids is 1. The quantitative estimate of drug-likeness (QED) is 0.645. The minimum Gasteiger partial charge on any atom is -0.475 e. The summed E-state index contributed by atoms with van der Waals surface area (Å²) in [5, 5.41) is 15.5. The van der Waals surface area contributed by atoms with E-state index in [1.807, 2.05) is 24.7 Å². The molecule has 182 valence electrons. The van der Waals surface area contributed by atoms with Crippen LogP contribution in [0.1, 0.15) is 65.0 Å². The maximum atomic E-state index is 12.6. The molecule has 0 unspecified atom stereocenters. The Morgan fingerprint density at radius 1 is 1.25 bits per heavy atom. The summed E-state index contributed by atoms with van der Waals surface area (Å²) in [5.41, 5.74) is 6.44. The normalized spacial score (nSPS) is 21.7. The summed E-state index contributed by atoms with van der Waals surface area (Å²) in [5.74, 6) is -0.791. The average Bonchev–Trinajstić information content (AvgIpc) is 3.32. The number of halogens is 3. The van der Waals surface area contributed by atoms with Crippen molar-refractivity contribution in [3.05, 3.63) is 11.9 Å². The molecule has 0 spiro atoms.